The zero-order valence-electron chi connectivity index (χ0n) is 14.0. The van der Waals surface area contributed by atoms with Crippen LogP contribution >= 0.6 is 0 Å². The molecule has 2 aromatic rings. The molecule has 2 rings (SSSR count). The molecule has 0 saturated heterocycles. The van der Waals surface area contributed by atoms with Gasteiger partial charge in [-0.25, -0.2) is 0 Å². The van der Waals surface area contributed by atoms with Gasteiger partial charge < -0.3 is 15.4 Å². The number of guanidine groups is 1. The maximum absolute atomic E-state index is 5.12. The van der Waals surface area contributed by atoms with E-state index >= 15 is 0 Å². The van der Waals surface area contributed by atoms with Crippen LogP contribution < -0.4 is 10.6 Å². The maximum Gasteiger partial charge on any atom is 0.191 e. The van der Waals surface area contributed by atoms with Crippen molar-refractivity contribution in [3.8, 4) is 0 Å². The van der Waals surface area contributed by atoms with Crippen molar-refractivity contribution < 1.29 is 4.74 Å². The fraction of sp³-hybridized carbons (Fsp3) is 0.316. The van der Waals surface area contributed by atoms with Gasteiger partial charge in [-0.1, -0.05) is 54.6 Å². The molecule has 4 nitrogen and oxygen atoms in total. The van der Waals surface area contributed by atoms with Gasteiger partial charge >= 0.3 is 0 Å². The number of nitrogens with one attached hydrogen (secondary N) is 2. The van der Waals surface area contributed by atoms with E-state index in [2.05, 4.69) is 58.9 Å². The minimum Gasteiger partial charge on any atom is -0.380 e. The van der Waals surface area contributed by atoms with Gasteiger partial charge in [0.15, 0.2) is 5.96 Å². The first-order valence-corrected chi connectivity index (χ1v) is 7.82. The van der Waals surface area contributed by atoms with Crippen LogP contribution in [-0.4, -0.2) is 20.1 Å². The van der Waals surface area contributed by atoms with Crippen molar-refractivity contribution in [3.63, 3.8) is 0 Å². The van der Waals surface area contributed by atoms with Crippen LogP contribution in [0.2, 0.25) is 0 Å². The molecule has 0 fully saturated rings. The molecular weight excluding hydrogens is 286 g/mol. The summed E-state index contributed by atoms with van der Waals surface area (Å²) in [6, 6.07) is 18.9. The van der Waals surface area contributed by atoms with E-state index in [-0.39, 0.29) is 6.04 Å². The Hall–Kier alpha value is -2.33. The molecule has 0 aliphatic rings. The summed E-state index contributed by atoms with van der Waals surface area (Å²) in [4.78, 5) is 4.29. The summed E-state index contributed by atoms with van der Waals surface area (Å²) in [6.45, 7) is 3.50. The molecule has 0 aliphatic carbocycles. The molecule has 0 bridgehead atoms. The van der Waals surface area contributed by atoms with Gasteiger partial charge in [-0.05, 0) is 23.6 Å². The SMILES string of the molecule is CN=C(NCc1ccc(COC)cc1)NC(C)c1ccccc1. The van der Waals surface area contributed by atoms with E-state index in [4.69, 9.17) is 4.74 Å². The van der Waals surface area contributed by atoms with E-state index < -0.39 is 0 Å². The van der Waals surface area contributed by atoms with Gasteiger partial charge in [0.1, 0.15) is 0 Å². The molecule has 0 heterocycles. The minimum absolute atomic E-state index is 0.200. The lowest BCUT2D eigenvalue weighted by atomic mass is 10.1. The van der Waals surface area contributed by atoms with Gasteiger partial charge in [0.05, 0.1) is 12.6 Å². The Bertz CT molecular complexity index is 608. The van der Waals surface area contributed by atoms with Gasteiger partial charge in [0.25, 0.3) is 0 Å². The van der Waals surface area contributed by atoms with Crippen LogP contribution in [0, 0.1) is 0 Å². The second-order valence-electron chi connectivity index (χ2n) is 5.45. The minimum atomic E-state index is 0.200. The average Bonchev–Trinajstić information content (AvgIpc) is 2.60. The summed E-state index contributed by atoms with van der Waals surface area (Å²) < 4.78 is 5.12. The first-order chi connectivity index (χ1) is 11.2. The lowest BCUT2D eigenvalue weighted by Gasteiger charge is -2.18. The van der Waals surface area contributed by atoms with Gasteiger partial charge in [0.2, 0.25) is 0 Å². The number of methoxy groups -OCH3 is 1. The number of hydrogen-bond acceptors (Lipinski definition) is 2. The lowest BCUT2D eigenvalue weighted by Crippen LogP contribution is -2.38. The molecule has 2 aromatic carbocycles. The van der Waals surface area contributed by atoms with Crippen molar-refractivity contribution in [3.05, 3.63) is 71.3 Å². The highest BCUT2D eigenvalue weighted by Gasteiger charge is 2.07. The molecule has 0 saturated carbocycles. The number of ether oxygens (including phenoxy) is 1. The Morgan fingerprint density at radius 2 is 1.70 bits per heavy atom. The van der Waals surface area contributed by atoms with E-state index in [0.717, 1.165) is 12.5 Å². The summed E-state index contributed by atoms with van der Waals surface area (Å²) in [6.07, 6.45) is 0. The summed E-state index contributed by atoms with van der Waals surface area (Å²) >= 11 is 0. The lowest BCUT2D eigenvalue weighted by molar-refractivity contribution is 0.185. The Labute approximate surface area is 138 Å². The number of benzene rings is 2. The fourth-order valence-electron chi connectivity index (χ4n) is 2.33. The largest absolute Gasteiger partial charge is 0.380 e. The third kappa shape index (κ3) is 5.42. The van der Waals surface area contributed by atoms with Crippen molar-refractivity contribution in [2.75, 3.05) is 14.2 Å². The Morgan fingerprint density at radius 3 is 2.30 bits per heavy atom. The predicted molar refractivity (Wildman–Crippen MR) is 95.3 cm³/mol. The number of nitrogens with zero attached hydrogens (tertiary/aromatic N) is 1. The molecular formula is C19H25N3O. The normalized spacial score (nSPS) is 12.7. The average molecular weight is 311 g/mol. The molecule has 4 heteroatoms. The first-order valence-electron chi connectivity index (χ1n) is 7.82. The Morgan fingerprint density at radius 1 is 1.04 bits per heavy atom. The second kappa shape index (κ2) is 8.96. The molecule has 0 aromatic heterocycles. The van der Waals surface area contributed by atoms with Crippen LogP contribution in [0.1, 0.15) is 29.7 Å². The predicted octanol–water partition coefficient (Wildman–Crippen LogP) is 3.26. The van der Waals surface area contributed by atoms with E-state index in [1.165, 1.54) is 16.7 Å². The zero-order chi connectivity index (χ0) is 16.5. The summed E-state index contributed by atoms with van der Waals surface area (Å²) in [7, 11) is 3.49. The third-order valence-corrected chi connectivity index (χ3v) is 3.67. The summed E-state index contributed by atoms with van der Waals surface area (Å²) in [5.41, 5.74) is 3.62. The highest BCUT2D eigenvalue weighted by atomic mass is 16.5. The van der Waals surface area contributed by atoms with Crippen LogP contribution in [0.5, 0.6) is 0 Å². The Balaban J connectivity index is 1.87. The molecule has 1 atom stereocenters. The van der Waals surface area contributed by atoms with Crippen LogP contribution in [-0.2, 0) is 17.9 Å². The quantitative estimate of drug-likeness (QED) is 0.636. The molecule has 1 unspecified atom stereocenters. The monoisotopic (exact) mass is 311 g/mol. The fourth-order valence-corrected chi connectivity index (χ4v) is 2.33. The second-order valence-corrected chi connectivity index (χ2v) is 5.45. The smallest absolute Gasteiger partial charge is 0.191 e. The van der Waals surface area contributed by atoms with Crippen molar-refractivity contribution in [1.82, 2.24) is 10.6 Å². The van der Waals surface area contributed by atoms with E-state index in [9.17, 15) is 0 Å². The van der Waals surface area contributed by atoms with E-state index in [1.54, 1.807) is 14.2 Å². The van der Waals surface area contributed by atoms with Gasteiger partial charge in [-0.2, -0.15) is 0 Å². The van der Waals surface area contributed by atoms with Crippen molar-refractivity contribution in [2.24, 2.45) is 4.99 Å². The van der Waals surface area contributed by atoms with Gasteiger partial charge in [-0.3, -0.25) is 4.99 Å². The van der Waals surface area contributed by atoms with Gasteiger partial charge in [0, 0.05) is 20.7 Å². The van der Waals surface area contributed by atoms with Crippen molar-refractivity contribution in [1.29, 1.82) is 0 Å². The number of hydrogen-bond donors (Lipinski definition) is 2. The van der Waals surface area contributed by atoms with Crippen molar-refractivity contribution >= 4 is 5.96 Å². The molecule has 0 aliphatic heterocycles. The number of rotatable bonds is 6. The molecule has 0 spiro atoms. The van der Waals surface area contributed by atoms with Crippen LogP contribution in [0.25, 0.3) is 0 Å². The molecule has 2 N–H and O–H groups in total. The molecule has 0 amide bonds. The standard InChI is InChI=1S/C19H25N3O/c1-15(18-7-5-4-6-8-18)22-19(20-2)21-13-16-9-11-17(12-10-16)14-23-3/h4-12,15H,13-14H2,1-3H3,(H2,20,21,22). The van der Waals surface area contributed by atoms with E-state index in [1.807, 2.05) is 18.2 Å². The highest BCUT2D eigenvalue weighted by Crippen LogP contribution is 2.11. The molecule has 122 valence electrons. The van der Waals surface area contributed by atoms with E-state index in [0.29, 0.717) is 6.61 Å². The maximum atomic E-state index is 5.12. The summed E-state index contributed by atoms with van der Waals surface area (Å²) in [5.74, 6) is 0.794. The van der Waals surface area contributed by atoms with Gasteiger partial charge in [-0.15, -0.1) is 0 Å². The zero-order valence-corrected chi connectivity index (χ0v) is 14.0. The van der Waals surface area contributed by atoms with Crippen LogP contribution in [0.15, 0.2) is 59.6 Å². The molecule has 23 heavy (non-hydrogen) atoms. The van der Waals surface area contributed by atoms with Crippen molar-refractivity contribution in [2.45, 2.75) is 26.1 Å². The third-order valence-electron chi connectivity index (χ3n) is 3.67. The highest BCUT2D eigenvalue weighted by molar-refractivity contribution is 5.80. The summed E-state index contributed by atoms with van der Waals surface area (Å²) in [5, 5.41) is 6.75. The topological polar surface area (TPSA) is 45.7 Å². The number of aliphatic imine (C=N–C) groups is 1. The molecule has 0 radical (unpaired) electrons. The van der Waals surface area contributed by atoms with Crippen LogP contribution in [0.3, 0.4) is 0 Å². The first kappa shape index (κ1) is 17.0. The van der Waals surface area contributed by atoms with Crippen LogP contribution in [0.4, 0.5) is 0 Å². The Kier molecular flexibility index (Phi) is 6.63.